The molecule has 216 valence electrons. The van der Waals surface area contributed by atoms with Crippen molar-refractivity contribution >= 4 is 5.91 Å². The molecule has 6 rings (SSSR count). The number of carbonyl (C=O) groups is 1. The highest BCUT2D eigenvalue weighted by atomic mass is 16.6. The van der Waals surface area contributed by atoms with Crippen molar-refractivity contribution in [3.8, 4) is 17.2 Å². The van der Waals surface area contributed by atoms with Gasteiger partial charge in [0.15, 0.2) is 11.2 Å². The molecule has 0 unspecified atom stereocenters. The summed E-state index contributed by atoms with van der Waals surface area (Å²) in [5, 5.41) is 24.9. The van der Waals surface area contributed by atoms with Gasteiger partial charge in [-0.25, -0.2) is 5.48 Å². The number of aliphatic hydroxyl groups excluding tert-OH is 1. The van der Waals surface area contributed by atoms with E-state index in [-0.39, 0.29) is 0 Å². The number of hydroxylamine groups is 1. The van der Waals surface area contributed by atoms with E-state index in [0.717, 1.165) is 11.1 Å². The van der Waals surface area contributed by atoms with Crippen LogP contribution in [0.3, 0.4) is 0 Å². The lowest BCUT2D eigenvalue weighted by Gasteiger charge is -2.40. The molecule has 0 spiro atoms. The van der Waals surface area contributed by atoms with Crippen LogP contribution in [0, 0.1) is 12.8 Å². The number of rotatable bonds is 8. The van der Waals surface area contributed by atoms with Crippen LogP contribution in [-0.4, -0.2) is 36.4 Å². The number of fused-ring (bicyclic) bond motifs is 3. The number of aliphatic hydroxyl groups is 2. The van der Waals surface area contributed by atoms with Gasteiger partial charge in [0.2, 0.25) is 5.91 Å². The Bertz CT molecular complexity index is 1580. The van der Waals surface area contributed by atoms with Gasteiger partial charge in [-0.1, -0.05) is 72.8 Å². The lowest BCUT2D eigenvalue weighted by molar-refractivity contribution is -0.157. The molecule has 1 fully saturated rings. The Balaban J connectivity index is 1.54. The van der Waals surface area contributed by atoms with Crippen LogP contribution in [0.2, 0.25) is 0 Å². The molecule has 0 bridgehead atoms. The molecule has 2 aliphatic rings. The van der Waals surface area contributed by atoms with Gasteiger partial charge in [0.25, 0.3) is 0 Å². The minimum Gasteiger partial charge on any atom is -0.496 e. The van der Waals surface area contributed by atoms with E-state index in [1.165, 1.54) is 14.2 Å². The number of ether oxygens (including phenoxy) is 3. The summed E-state index contributed by atoms with van der Waals surface area (Å²) < 4.78 is 18.6. The van der Waals surface area contributed by atoms with Crippen LogP contribution in [0.25, 0.3) is 0 Å². The first-order chi connectivity index (χ1) is 20.3. The third-order valence-corrected chi connectivity index (χ3v) is 8.41. The standard InChI is InChI=1S/C34H33NO7/c1-21-18-26(39-2)30-27(19-21)42-34(24-14-16-25(17-15-24)41-20-22-10-6-4-7-11-22)29(23-12-8-5-9-13-23)28(32(37)35-40-3)31(36)33(30,34)38/h4-19,28-29,31,36,38H,20H2,1-3H3,(H,35,37)/t28-,29-,31-,33+,34+/m1/s1. The van der Waals surface area contributed by atoms with Gasteiger partial charge < -0.3 is 24.4 Å². The minimum atomic E-state index is -2.08. The molecule has 3 N–H and O–H groups in total. The second-order valence-electron chi connectivity index (χ2n) is 10.8. The molecule has 4 aromatic rings. The fourth-order valence-corrected chi connectivity index (χ4v) is 6.70. The predicted molar refractivity (Wildman–Crippen MR) is 155 cm³/mol. The van der Waals surface area contributed by atoms with Gasteiger partial charge in [-0.3, -0.25) is 9.63 Å². The zero-order chi connectivity index (χ0) is 29.5. The Morgan fingerprint density at radius 3 is 2.26 bits per heavy atom. The van der Waals surface area contributed by atoms with E-state index < -0.39 is 35.0 Å². The van der Waals surface area contributed by atoms with Gasteiger partial charge in [-0.05, 0) is 53.4 Å². The number of benzene rings is 4. The fraction of sp³-hybridized carbons (Fsp3) is 0.265. The van der Waals surface area contributed by atoms with E-state index in [1.807, 2.05) is 85.8 Å². The highest BCUT2D eigenvalue weighted by Crippen LogP contribution is 2.70. The molecule has 4 aromatic carbocycles. The van der Waals surface area contributed by atoms with E-state index in [2.05, 4.69) is 5.48 Å². The molecule has 1 heterocycles. The molecule has 5 atom stereocenters. The molecule has 1 amide bonds. The summed E-state index contributed by atoms with van der Waals surface area (Å²) in [7, 11) is 2.83. The average molecular weight is 568 g/mol. The monoisotopic (exact) mass is 567 g/mol. The van der Waals surface area contributed by atoms with E-state index in [0.29, 0.717) is 40.5 Å². The van der Waals surface area contributed by atoms with Gasteiger partial charge in [0, 0.05) is 5.92 Å². The molecule has 0 saturated heterocycles. The van der Waals surface area contributed by atoms with E-state index in [9.17, 15) is 15.0 Å². The number of aryl methyl sites for hydroxylation is 1. The SMILES string of the molecule is CONC(=O)[C@H]1[C@@H](O)[C@@]2(O)c3c(OC)cc(C)cc3O[C@@]2(c2ccc(OCc3ccccc3)cc2)[C@@H]1c1ccccc1. The third-order valence-electron chi connectivity index (χ3n) is 8.41. The van der Waals surface area contributed by atoms with Crippen LogP contribution in [0.4, 0.5) is 0 Å². The highest BCUT2D eigenvalue weighted by molar-refractivity contribution is 5.82. The maximum absolute atomic E-state index is 13.6. The molecule has 1 aliphatic carbocycles. The number of hydrogen-bond donors (Lipinski definition) is 3. The summed E-state index contributed by atoms with van der Waals surface area (Å²) in [5.74, 6) is -1.21. The molecule has 8 nitrogen and oxygen atoms in total. The lowest BCUT2D eigenvalue weighted by Crippen LogP contribution is -2.52. The Kier molecular flexibility index (Phi) is 7.14. The van der Waals surface area contributed by atoms with Crippen LogP contribution in [0.1, 0.15) is 33.7 Å². The molecule has 1 aliphatic heterocycles. The fourth-order valence-electron chi connectivity index (χ4n) is 6.70. The van der Waals surface area contributed by atoms with Gasteiger partial charge in [-0.2, -0.15) is 0 Å². The summed E-state index contributed by atoms with van der Waals surface area (Å²) in [6.07, 6.45) is -1.59. The molecular formula is C34H33NO7. The van der Waals surface area contributed by atoms with Crippen molar-refractivity contribution in [1.29, 1.82) is 0 Å². The van der Waals surface area contributed by atoms with Crippen molar-refractivity contribution < 1.29 is 34.1 Å². The van der Waals surface area contributed by atoms with E-state index >= 15 is 0 Å². The topological polar surface area (TPSA) is 106 Å². The van der Waals surface area contributed by atoms with Crippen molar-refractivity contribution in [2.45, 2.75) is 36.8 Å². The molecule has 0 aromatic heterocycles. The first kappa shape index (κ1) is 27.8. The normalized spacial score (nSPS) is 25.7. The van der Waals surface area contributed by atoms with Gasteiger partial charge in [0.05, 0.1) is 25.7 Å². The quantitative estimate of drug-likeness (QED) is 0.269. The third kappa shape index (κ3) is 4.14. The van der Waals surface area contributed by atoms with Crippen LogP contribution >= 0.6 is 0 Å². The van der Waals surface area contributed by atoms with Crippen LogP contribution in [-0.2, 0) is 27.4 Å². The molecular weight excluding hydrogens is 534 g/mol. The summed E-state index contributed by atoms with van der Waals surface area (Å²) in [6, 6.07) is 30.0. The maximum atomic E-state index is 13.6. The zero-order valence-corrected chi connectivity index (χ0v) is 23.6. The molecule has 1 saturated carbocycles. The molecule has 0 radical (unpaired) electrons. The highest BCUT2D eigenvalue weighted by Gasteiger charge is 2.78. The van der Waals surface area contributed by atoms with Gasteiger partial charge in [-0.15, -0.1) is 0 Å². The smallest absolute Gasteiger partial charge is 0.250 e. The lowest BCUT2D eigenvalue weighted by atomic mass is 9.70. The van der Waals surface area contributed by atoms with Gasteiger partial charge in [0.1, 0.15) is 30.0 Å². The number of nitrogens with one attached hydrogen (secondary N) is 1. The van der Waals surface area contributed by atoms with Crippen LogP contribution in [0.5, 0.6) is 17.2 Å². The van der Waals surface area contributed by atoms with Crippen LogP contribution in [0.15, 0.2) is 97.1 Å². The average Bonchev–Trinajstić information content (AvgIpc) is 3.39. The predicted octanol–water partition coefficient (Wildman–Crippen LogP) is 4.51. The molecule has 8 heteroatoms. The minimum absolute atomic E-state index is 0.293. The summed E-state index contributed by atoms with van der Waals surface area (Å²) in [5.41, 5.74) is 2.13. The number of hydrogen-bond acceptors (Lipinski definition) is 7. The van der Waals surface area contributed by atoms with Crippen molar-refractivity contribution in [1.82, 2.24) is 5.48 Å². The number of carbonyl (C=O) groups excluding carboxylic acids is 1. The number of methoxy groups -OCH3 is 1. The zero-order valence-electron chi connectivity index (χ0n) is 23.6. The first-order valence-electron chi connectivity index (χ1n) is 13.8. The Hall–Kier alpha value is -4.37. The second kappa shape index (κ2) is 10.8. The van der Waals surface area contributed by atoms with E-state index in [4.69, 9.17) is 19.0 Å². The van der Waals surface area contributed by atoms with Crippen molar-refractivity contribution in [3.63, 3.8) is 0 Å². The maximum Gasteiger partial charge on any atom is 0.250 e. The van der Waals surface area contributed by atoms with Crippen molar-refractivity contribution in [2.75, 3.05) is 14.2 Å². The Morgan fingerprint density at radius 1 is 0.952 bits per heavy atom. The second-order valence-corrected chi connectivity index (χ2v) is 10.8. The Morgan fingerprint density at radius 2 is 1.62 bits per heavy atom. The summed E-state index contributed by atoms with van der Waals surface area (Å²) in [6.45, 7) is 2.29. The van der Waals surface area contributed by atoms with Crippen LogP contribution < -0.4 is 19.7 Å². The van der Waals surface area contributed by atoms with Crippen molar-refractivity contribution in [2.24, 2.45) is 5.92 Å². The summed E-state index contributed by atoms with van der Waals surface area (Å²) in [4.78, 5) is 18.5. The largest absolute Gasteiger partial charge is 0.496 e. The molecule has 42 heavy (non-hydrogen) atoms. The first-order valence-corrected chi connectivity index (χ1v) is 13.8. The number of amides is 1. The van der Waals surface area contributed by atoms with Gasteiger partial charge >= 0.3 is 0 Å². The Labute approximate surface area is 244 Å². The summed E-state index contributed by atoms with van der Waals surface area (Å²) >= 11 is 0. The van der Waals surface area contributed by atoms with Crippen molar-refractivity contribution in [3.05, 3.63) is 125 Å². The van der Waals surface area contributed by atoms with E-state index in [1.54, 1.807) is 18.2 Å².